The lowest BCUT2D eigenvalue weighted by molar-refractivity contribution is -0.125. The second-order valence-electron chi connectivity index (χ2n) is 8.79. The van der Waals surface area contributed by atoms with Crippen molar-refractivity contribution in [1.29, 1.82) is 0 Å². The first kappa shape index (κ1) is 25.0. The molecule has 0 spiro atoms. The van der Waals surface area contributed by atoms with E-state index in [0.29, 0.717) is 12.2 Å². The van der Waals surface area contributed by atoms with Crippen molar-refractivity contribution in [3.8, 4) is 17.2 Å². The van der Waals surface area contributed by atoms with Crippen LogP contribution < -0.4 is 21.7 Å². The molecule has 1 aromatic heterocycles. The molecule has 35 heavy (non-hydrogen) atoms. The van der Waals surface area contributed by atoms with E-state index < -0.39 is 16.7 Å². The van der Waals surface area contributed by atoms with E-state index in [9.17, 15) is 14.4 Å². The molecule has 1 heterocycles. The average Bonchev–Trinajstić information content (AvgIpc) is 2.84. The monoisotopic (exact) mass is 516 g/mol. The van der Waals surface area contributed by atoms with Crippen molar-refractivity contribution in [2.75, 3.05) is 5.73 Å². The van der Waals surface area contributed by atoms with Crippen molar-refractivity contribution in [3.05, 3.63) is 72.3 Å². The molecule has 2 aromatic carbocycles. The Hall–Kier alpha value is -3.10. The summed E-state index contributed by atoms with van der Waals surface area (Å²) in [7, 11) is 0. The number of ether oxygens (including phenoxy) is 1. The summed E-state index contributed by atoms with van der Waals surface area (Å²) in [5.41, 5.74) is 5.68. The molecule has 0 aliphatic heterocycles. The minimum Gasteiger partial charge on any atom is -0.454 e. The van der Waals surface area contributed by atoms with Gasteiger partial charge in [0.15, 0.2) is 5.75 Å². The smallest absolute Gasteiger partial charge is 0.349 e. The zero-order valence-corrected chi connectivity index (χ0v) is 21.0. The van der Waals surface area contributed by atoms with Crippen LogP contribution in [0.1, 0.15) is 56.6 Å². The third-order valence-corrected chi connectivity index (χ3v) is 7.15. The first-order valence-electron chi connectivity index (χ1n) is 11.5. The van der Waals surface area contributed by atoms with Crippen molar-refractivity contribution in [2.24, 2.45) is 0 Å². The van der Waals surface area contributed by atoms with E-state index >= 15 is 0 Å². The van der Waals surface area contributed by atoms with E-state index in [0.717, 1.165) is 47.9 Å². The van der Waals surface area contributed by atoms with Gasteiger partial charge in [-0.05, 0) is 55.2 Å². The minimum absolute atomic E-state index is 0.130. The van der Waals surface area contributed by atoms with Gasteiger partial charge in [-0.2, -0.15) is 4.68 Å². The highest BCUT2D eigenvalue weighted by atomic mass is 35.5. The SMILES string of the molecule is CCC(=O)C1(c2cc(Oc3c(Cl)cc(-n4nc(N)c(=O)[nH]c4=O)cc3Cl)ccc2C)CCCCC1. The second kappa shape index (κ2) is 9.87. The molecule has 184 valence electrons. The Morgan fingerprint density at radius 3 is 2.43 bits per heavy atom. The quantitative estimate of drug-likeness (QED) is 0.470. The fourth-order valence-electron chi connectivity index (χ4n) is 4.84. The van der Waals surface area contributed by atoms with Gasteiger partial charge in [0.2, 0.25) is 5.82 Å². The van der Waals surface area contributed by atoms with Crippen LogP contribution in [0.3, 0.4) is 0 Å². The fraction of sp³-hybridized carbons (Fsp3) is 0.360. The van der Waals surface area contributed by atoms with Crippen molar-refractivity contribution in [2.45, 2.75) is 57.8 Å². The summed E-state index contributed by atoms with van der Waals surface area (Å²) in [6, 6.07) is 8.53. The molecule has 1 aliphatic carbocycles. The number of carbonyl (C=O) groups excluding carboxylic acids is 1. The Bertz CT molecular complexity index is 1380. The number of Topliss-reactive ketones (excluding diaryl/α,β-unsaturated/α-hetero) is 1. The molecular formula is C25H26Cl2N4O4. The van der Waals surface area contributed by atoms with Crippen molar-refractivity contribution >= 4 is 34.8 Å². The number of halogens is 2. The summed E-state index contributed by atoms with van der Waals surface area (Å²) in [4.78, 5) is 38.9. The molecule has 0 saturated heterocycles. The fourth-order valence-corrected chi connectivity index (χ4v) is 5.40. The number of ketones is 1. The average molecular weight is 517 g/mol. The van der Waals surface area contributed by atoms with E-state index in [1.165, 1.54) is 12.1 Å². The van der Waals surface area contributed by atoms with Gasteiger partial charge in [-0.1, -0.05) is 55.5 Å². The van der Waals surface area contributed by atoms with Crippen molar-refractivity contribution in [3.63, 3.8) is 0 Å². The Kier molecular flexibility index (Phi) is 7.05. The molecule has 0 bridgehead atoms. The topological polar surface area (TPSA) is 120 Å². The molecule has 4 rings (SSSR count). The van der Waals surface area contributed by atoms with Gasteiger partial charge in [0.05, 0.1) is 21.1 Å². The Morgan fingerprint density at radius 1 is 1.14 bits per heavy atom. The Labute approximate surface area is 212 Å². The van der Waals surface area contributed by atoms with E-state index in [4.69, 9.17) is 33.7 Å². The molecule has 0 amide bonds. The molecule has 3 aromatic rings. The van der Waals surface area contributed by atoms with Gasteiger partial charge in [0.1, 0.15) is 11.5 Å². The number of H-pyrrole nitrogens is 1. The van der Waals surface area contributed by atoms with Crippen LogP contribution in [0, 0.1) is 6.92 Å². The van der Waals surface area contributed by atoms with E-state index in [-0.39, 0.29) is 33.1 Å². The summed E-state index contributed by atoms with van der Waals surface area (Å²) in [6.07, 6.45) is 5.28. The van der Waals surface area contributed by atoms with Gasteiger partial charge in [0, 0.05) is 6.42 Å². The maximum atomic E-state index is 13.1. The van der Waals surface area contributed by atoms with Gasteiger partial charge in [0.25, 0.3) is 5.56 Å². The number of nitrogens with zero attached hydrogens (tertiary/aromatic N) is 2. The van der Waals surface area contributed by atoms with Gasteiger partial charge >= 0.3 is 5.69 Å². The lowest BCUT2D eigenvalue weighted by atomic mass is 9.65. The number of aryl methyl sites for hydroxylation is 1. The van der Waals surface area contributed by atoms with Gasteiger partial charge in [-0.25, -0.2) is 4.79 Å². The molecule has 8 nitrogen and oxygen atoms in total. The predicted molar refractivity (Wildman–Crippen MR) is 136 cm³/mol. The number of rotatable bonds is 6. The number of anilines is 1. The lowest BCUT2D eigenvalue weighted by Gasteiger charge is -2.37. The second-order valence-corrected chi connectivity index (χ2v) is 9.61. The molecule has 0 atom stereocenters. The molecule has 0 unspecified atom stereocenters. The highest BCUT2D eigenvalue weighted by molar-refractivity contribution is 6.37. The molecule has 1 fully saturated rings. The summed E-state index contributed by atoms with van der Waals surface area (Å²) in [5, 5.41) is 4.05. The number of nitrogens with one attached hydrogen (secondary N) is 1. The van der Waals surface area contributed by atoms with Crippen LogP contribution in [-0.2, 0) is 10.2 Å². The molecule has 10 heteroatoms. The van der Waals surface area contributed by atoms with E-state index in [1.807, 2.05) is 26.0 Å². The molecule has 1 saturated carbocycles. The van der Waals surface area contributed by atoms with Crippen LogP contribution >= 0.6 is 23.2 Å². The van der Waals surface area contributed by atoms with E-state index in [2.05, 4.69) is 10.1 Å². The molecule has 1 aliphatic rings. The highest BCUT2D eigenvalue weighted by Crippen LogP contribution is 2.45. The predicted octanol–water partition coefficient (Wildman–Crippen LogP) is 5.09. The van der Waals surface area contributed by atoms with Gasteiger partial charge in [-0.3, -0.25) is 14.6 Å². The number of benzene rings is 2. The Morgan fingerprint density at radius 2 is 1.80 bits per heavy atom. The summed E-state index contributed by atoms with van der Waals surface area (Å²) in [6.45, 7) is 3.92. The normalized spacial score (nSPS) is 15.1. The van der Waals surface area contributed by atoms with Crippen LogP contribution in [0.25, 0.3) is 5.69 Å². The summed E-state index contributed by atoms with van der Waals surface area (Å²) < 4.78 is 6.98. The van der Waals surface area contributed by atoms with Crippen LogP contribution in [0.4, 0.5) is 5.82 Å². The van der Waals surface area contributed by atoms with Crippen molar-refractivity contribution < 1.29 is 9.53 Å². The van der Waals surface area contributed by atoms with Crippen LogP contribution in [0.2, 0.25) is 10.0 Å². The maximum absolute atomic E-state index is 13.1. The van der Waals surface area contributed by atoms with E-state index in [1.54, 1.807) is 6.07 Å². The number of hydrogen-bond donors (Lipinski definition) is 2. The Balaban J connectivity index is 1.72. The number of aromatic amines is 1. The maximum Gasteiger partial charge on any atom is 0.349 e. The zero-order chi connectivity index (χ0) is 25.3. The first-order chi connectivity index (χ1) is 16.7. The summed E-state index contributed by atoms with van der Waals surface area (Å²) in [5.74, 6) is 0.565. The van der Waals surface area contributed by atoms with Gasteiger partial charge in [-0.15, -0.1) is 5.10 Å². The third-order valence-electron chi connectivity index (χ3n) is 6.59. The first-order valence-corrected chi connectivity index (χ1v) is 12.2. The molecule has 3 N–H and O–H groups in total. The zero-order valence-electron chi connectivity index (χ0n) is 19.5. The number of carbonyl (C=O) groups is 1. The number of aromatic nitrogens is 3. The lowest BCUT2D eigenvalue weighted by Crippen LogP contribution is -2.38. The number of hydrogen-bond acceptors (Lipinski definition) is 6. The molecular weight excluding hydrogens is 491 g/mol. The molecule has 0 radical (unpaired) electrons. The van der Waals surface area contributed by atoms with Crippen LogP contribution in [-0.4, -0.2) is 20.5 Å². The minimum atomic E-state index is -0.786. The highest BCUT2D eigenvalue weighted by Gasteiger charge is 2.40. The number of nitrogens with two attached hydrogens (primary N) is 1. The number of nitrogen functional groups attached to an aromatic ring is 1. The van der Waals surface area contributed by atoms with Gasteiger partial charge < -0.3 is 10.5 Å². The standard InChI is InChI=1S/C25H26Cl2N4O4/c1-3-20(32)25(9-5-4-6-10-25)17-13-16(8-7-14(17)2)35-21-18(26)11-15(12-19(21)27)31-24(34)29-23(33)22(28)30-31/h7-8,11-13H,3-6,9-10H2,1-2H3,(H2,28,30)(H,29,33,34). The largest absolute Gasteiger partial charge is 0.454 e. The van der Waals surface area contributed by atoms with Crippen molar-refractivity contribution in [1.82, 2.24) is 14.8 Å². The summed E-state index contributed by atoms with van der Waals surface area (Å²) >= 11 is 12.9. The van der Waals surface area contributed by atoms with Crippen LogP contribution in [0.15, 0.2) is 39.9 Å². The third kappa shape index (κ3) is 4.73. The van der Waals surface area contributed by atoms with Crippen LogP contribution in [0.5, 0.6) is 11.5 Å².